The Hall–Kier alpha value is -4.96. The number of amidine groups is 1. The lowest BCUT2D eigenvalue weighted by molar-refractivity contribution is -0.384. The molecule has 1 fully saturated rings. The minimum absolute atomic E-state index is 0.00289. The number of nitro benzene ring substituents is 1. The second kappa shape index (κ2) is 11.0. The van der Waals surface area contributed by atoms with Gasteiger partial charge in [-0.05, 0) is 77.0 Å². The number of carbonyl (C=O) groups is 2. The number of aromatic carboxylic acids is 1. The van der Waals surface area contributed by atoms with Gasteiger partial charge in [0.15, 0.2) is 5.17 Å². The number of thioether (sulfide) groups is 1. The van der Waals surface area contributed by atoms with Crippen LogP contribution < -0.4 is 4.74 Å². The first-order chi connectivity index (χ1) is 19.2. The van der Waals surface area contributed by atoms with E-state index in [0.29, 0.717) is 27.1 Å². The lowest BCUT2D eigenvalue weighted by Crippen LogP contribution is -2.23. The van der Waals surface area contributed by atoms with E-state index in [1.54, 1.807) is 44.3 Å². The van der Waals surface area contributed by atoms with Crippen molar-refractivity contribution in [3.63, 3.8) is 0 Å². The molecule has 0 atom stereocenters. The summed E-state index contributed by atoms with van der Waals surface area (Å²) in [7, 11) is 1.63. The number of non-ortho nitro benzene ring substituents is 1. The number of benzene rings is 4. The van der Waals surface area contributed by atoms with Crippen molar-refractivity contribution >= 4 is 57.0 Å². The molecule has 1 amide bonds. The molecular formula is C30H23N3O6S. The van der Waals surface area contributed by atoms with E-state index in [2.05, 4.69) is 4.99 Å². The van der Waals surface area contributed by atoms with Gasteiger partial charge < -0.3 is 9.84 Å². The Morgan fingerprint density at radius 2 is 1.82 bits per heavy atom. The topological polar surface area (TPSA) is 122 Å². The van der Waals surface area contributed by atoms with E-state index < -0.39 is 10.9 Å². The van der Waals surface area contributed by atoms with Gasteiger partial charge in [0.1, 0.15) is 12.4 Å². The van der Waals surface area contributed by atoms with Crippen LogP contribution in [-0.4, -0.2) is 39.0 Å². The third-order valence-corrected chi connectivity index (χ3v) is 7.56. The summed E-state index contributed by atoms with van der Waals surface area (Å²) in [5, 5.41) is 22.7. The average Bonchev–Trinajstić information content (AvgIpc) is 3.21. The van der Waals surface area contributed by atoms with Crippen molar-refractivity contribution in [2.75, 3.05) is 7.05 Å². The molecule has 0 spiro atoms. The number of aliphatic imine (C=N–C) groups is 1. The number of fused-ring (bicyclic) bond motifs is 1. The fraction of sp³-hybridized carbons (Fsp3) is 0.100. The van der Waals surface area contributed by atoms with E-state index in [1.165, 1.54) is 34.9 Å². The number of amides is 1. The Balaban J connectivity index is 1.50. The fourth-order valence-electron chi connectivity index (χ4n) is 4.29. The zero-order valence-corrected chi connectivity index (χ0v) is 22.3. The van der Waals surface area contributed by atoms with E-state index >= 15 is 0 Å². The van der Waals surface area contributed by atoms with Crippen molar-refractivity contribution in [3.05, 3.63) is 116 Å². The van der Waals surface area contributed by atoms with Crippen LogP contribution in [0.4, 0.5) is 11.4 Å². The van der Waals surface area contributed by atoms with Crippen LogP contribution in [0.5, 0.6) is 5.75 Å². The number of carbonyl (C=O) groups excluding carboxylic acids is 1. The average molecular weight is 554 g/mol. The molecule has 0 bridgehead atoms. The first-order valence-electron chi connectivity index (χ1n) is 12.2. The van der Waals surface area contributed by atoms with Gasteiger partial charge in [-0.15, -0.1) is 0 Å². The van der Waals surface area contributed by atoms with E-state index in [9.17, 15) is 24.8 Å². The molecule has 1 saturated heterocycles. The molecule has 1 N–H and O–H groups in total. The molecular weight excluding hydrogens is 530 g/mol. The van der Waals surface area contributed by atoms with E-state index in [-0.39, 0.29) is 23.8 Å². The highest BCUT2D eigenvalue weighted by Crippen LogP contribution is 2.38. The molecule has 9 nitrogen and oxygen atoms in total. The van der Waals surface area contributed by atoms with Gasteiger partial charge in [0.05, 0.1) is 21.1 Å². The molecule has 1 heterocycles. The summed E-state index contributed by atoms with van der Waals surface area (Å²) >= 11 is 1.20. The van der Waals surface area contributed by atoms with Crippen molar-refractivity contribution in [2.24, 2.45) is 4.99 Å². The second-order valence-electron chi connectivity index (χ2n) is 9.03. The molecule has 10 heteroatoms. The monoisotopic (exact) mass is 553 g/mol. The summed E-state index contributed by atoms with van der Waals surface area (Å²) in [5.41, 5.74) is 2.62. The van der Waals surface area contributed by atoms with E-state index in [0.717, 1.165) is 21.9 Å². The first kappa shape index (κ1) is 26.6. The molecule has 5 rings (SSSR count). The van der Waals surface area contributed by atoms with Crippen molar-refractivity contribution in [1.29, 1.82) is 0 Å². The Morgan fingerprint density at radius 1 is 1.07 bits per heavy atom. The Morgan fingerprint density at radius 3 is 2.55 bits per heavy atom. The van der Waals surface area contributed by atoms with Gasteiger partial charge in [0, 0.05) is 24.7 Å². The number of likely N-dealkylation sites (N-methyl/N-ethyl adjacent to an activating group) is 1. The summed E-state index contributed by atoms with van der Waals surface area (Å²) in [6.45, 7) is 1.87. The summed E-state index contributed by atoms with van der Waals surface area (Å²) in [5.74, 6) is -0.734. The number of nitro groups is 1. The van der Waals surface area contributed by atoms with Gasteiger partial charge >= 0.3 is 5.97 Å². The predicted molar refractivity (Wildman–Crippen MR) is 155 cm³/mol. The lowest BCUT2D eigenvalue weighted by Gasteiger charge is -2.13. The molecule has 0 aromatic heterocycles. The normalized spacial score (nSPS) is 15.2. The van der Waals surface area contributed by atoms with Crippen LogP contribution in [0.3, 0.4) is 0 Å². The molecule has 0 radical (unpaired) electrons. The fourth-order valence-corrected chi connectivity index (χ4v) is 5.25. The van der Waals surface area contributed by atoms with Gasteiger partial charge in [-0.25, -0.2) is 9.79 Å². The number of nitrogens with zero attached hydrogens (tertiary/aromatic N) is 3. The first-order valence-corrected chi connectivity index (χ1v) is 13.0. The Bertz CT molecular complexity index is 1730. The highest BCUT2D eigenvalue weighted by atomic mass is 32.2. The quantitative estimate of drug-likeness (QED) is 0.156. The Labute approximate surface area is 233 Å². The number of hydrogen-bond donors (Lipinski definition) is 1. The molecule has 0 aliphatic carbocycles. The zero-order chi connectivity index (χ0) is 28.4. The van der Waals surface area contributed by atoms with Gasteiger partial charge in [-0.2, -0.15) is 0 Å². The molecule has 0 saturated carbocycles. The third kappa shape index (κ3) is 5.29. The highest BCUT2D eigenvalue weighted by molar-refractivity contribution is 8.18. The smallest absolute Gasteiger partial charge is 0.336 e. The van der Waals surface area contributed by atoms with Crippen LogP contribution in [0, 0.1) is 17.0 Å². The minimum Gasteiger partial charge on any atom is -0.488 e. The van der Waals surface area contributed by atoms with Crippen LogP contribution in [0.25, 0.3) is 16.8 Å². The van der Waals surface area contributed by atoms with Crippen molar-refractivity contribution in [3.8, 4) is 5.75 Å². The lowest BCUT2D eigenvalue weighted by atomic mass is 10.0. The van der Waals surface area contributed by atoms with Crippen molar-refractivity contribution in [2.45, 2.75) is 13.5 Å². The summed E-state index contributed by atoms with van der Waals surface area (Å²) in [6.07, 6.45) is 1.78. The molecule has 1 aliphatic rings. The SMILES string of the molecule is Cc1c(N=C2S/C(=C\c3c(OCc4ccc([N+](=O)[O-])cc4)ccc4ccccc34)C(=O)N2C)cccc1C(=O)O. The van der Waals surface area contributed by atoms with E-state index in [4.69, 9.17) is 4.74 Å². The van der Waals surface area contributed by atoms with Crippen LogP contribution in [0.15, 0.2) is 88.8 Å². The van der Waals surface area contributed by atoms with Crippen molar-refractivity contribution < 1.29 is 24.4 Å². The van der Waals surface area contributed by atoms with Gasteiger partial charge in [0.2, 0.25) is 0 Å². The van der Waals surface area contributed by atoms with Gasteiger partial charge in [0.25, 0.3) is 11.6 Å². The zero-order valence-electron chi connectivity index (χ0n) is 21.5. The van der Waals surface area contributed by atoms with E-state index in [1.807, 2.05) is 36.4 Å². The standard InChI is InChI=1S/C30H23N3O6S/c1-18-22(29(35)36)8-5-9-25(18)31-30-32(2)28(34)27(40-30)16-24-23-7-4-3-6-20(23)12-15-26(24)39-17-19-10-13-21(14-11-19)33(37)38/h3-16H,17H2,1-2H3,(H,35,36)/b27-16-,31-30?. The maximum atomic E-state index is 13.3. The number of carboxylic acid groups (broad SMARTS) is 1. The maximum Gasteiger partial charge on any atom is 0.336 e. The largest absolute Gasteiger partial charge is 0.488 e. The predicted octanol–water partition coefficient (Wildman–Crippen LogP) is 6.57. The number of ether oxygens (including phenoxy) is 1. The molecule has 200 valence electrons. The summed E-state index contributed by atoms with van der Waals surface area (Å²) in [4.78, 5) is 41.8. The molecule has 4 aromatic rings. The summed E-state index contributed by atoms with van der Waals surface area (Å²) < 4.78 is 6.14. The third-order valence-electron chi connectivity index (χ3n) is 6.50. The van der Waals surface area contributed by atoms with Crippen LogP contribution in [0.2, 0.25) is 0 Å². The number of carboxylic acids is 1. The van der Waals surface area contributed by atoms with Crippen LogP contribution in [-0.2, 0) is 11.4 Å². The second-order valence-corrected chi connectivity index (χ2v) is 10.0. The molecule has 4 aromatic carbocycles. The minimum atomic E-state index is -1.04. The van der Waals surface area contributed by atoms with Crippen LogP contribution >= 0.6 is 11.8 Å². The summed E-state index contributed by atoms with van der Waals surface area (Å²) in [6, 6.07) is 22.5. The van der Waals surface area contributed by atoms with Crippen molar-refractivity contribution in [1.82, 2.24) is 4.90 Å². The Kier molecular flexibility index (Phi) is 7.35. The molecule has 0 unspecified atom stereocenters. The van der Waals surface area contributed by atoms with Crippen LogP contribution in [0.1, 0.15) is 27.0 Å². The highest BCUT2D eigenvalue weighted by Gasteiger charge is 2.31. The maximum absolute atomic E-state index is 13.3. The molecule has 40 heavy (non-hydrogen) atoms. The number of hydrogen-bond acceptors (Lipinski definition) is 7. The van der Waals surface area contributed by atoms with Gasteiger partial charge in [-0.3, -0.25) is 19.8 Å². The molecule has 1 aliphatic heterocycles. The number of rotatable bonds is 7. The van der Waals surface area contributed by atoms with Gasteiger partial charge in [-0.1, -0.05) is 36.4 Å².